The molecule has 2 fully saturated rings. The summed E-state index contributed by atoms with van der Waals surface area (Å²) >= 11 is 0. The van der Waals surface area contributed by atoms with Crippen molar-refractivity contribution in [1.82, 2.24) is 24.8 Å². The number of rotatable bonds is 4. The maximum atomic E-state index is 13.0. The minimum Gasteiger partial charge on any atom is -0.355 e. The highest BCUT2D eigenvalue weighted by Crippen LogP contribution is 2.45. The maximum Gasteiger partial charge on any atom is 0.287 e. The normalized spacial score (nSPS) is 19.7. The first-order chi connectivity index (χ1) is 17.1. The molecule has 1 spiro atoms. The summed E-state index contributed by atoms with van der Waals surface area (Å²) in [6.07, 6.45) is 9.07. The Morgan fingerprint density at radius 1 is 1.14 bits per heavy atom. The standard InChI is InChI=1S/C26H31N7O2/c1-32-21-20(31-23(32)24(34)27-15-17-7-3-2-4-8-17)22(29-16-28-21)33-13-11-26(12-14-33)18-9-5-6-10-19(18)30-25(26)35/h5-6,9-10,16-17H,2-4,7-8,11-15H2,1H3,(H,27,34)(H,30,35). The largest absolute Gasteiger partial charge is 0.355 e. The molecule has 6 rings (SSSR count). The third-order valence-corrected chi connectivity index (χ3v) is 8.16. The monoisotopic (exact) mass is 473 g/mol. The Morgan fingerprint density at radius 3 is 2.71 bits per heavy atom. The van der Waals surface area contributed by atoms with Gasteiger partial charge in [-0.1, -0.05) is 37.5 Å². The van der Waals surface area contributed by atoms with Crippen LogP contribution in [0.5, 0.6) is 0 Å². The van der Waals surface area contributed by atoms with Gasteiger partial charge in [-0.2, -0.15) is 0 Å². The Balaban J connectivity index is 1.22. The summed E-state index contributed by atoms with van der Waals surface area (Å²) in [5.41, 5.74) is 2.79. The molecule has 1 saturated heterocycles. The van der Waals surface area contributed by atoms with E-state index in [4.69, 9.17) is 4.98 Å². The first-order valence-electron chi connectivity index (χ1n) is 12.7. The topological polar surface area (TPSA) is 105 Å². The molecule has 1 aromatic carbocycles. The zero-order valence-electron chi connectivity index (χ0n) is 20.1. The number of benzene rings is 1. The summed E-state index contributed by atoms with van der Waals surface area (Å²) in [6, 6.07) is 7.98. The second-order valence-corrected chi connectivity index (χ2v) is 10.1. The van der Waals surface area contributed by atoms with E-state index in [1.807, 2.05) is 25.2 Å². The molecule has 3 aliphatic rings. The fraction of sp³-hybridized carbons (Fsp3) is 0.500. The summed E-state index contributed by atoms with van der Waals surface area (Å²) in [6.45, 7) is 2.04. The molecule has 2 aliphatic heterocycles. The predicted molar refractivity (Wildman–Crippen MR) is 133 cm³/mol. The van der Waals surface area contributed by atoms with E-state index in [9.17, 15) is 9.59 Å². The second kappa shape index (κ2) is 8.62. The van der Waals surface area contributed by atoms with Crippen LogP contribution in [-0.2, 0) is 17.3 Å². The van der Waals surface area contributed by atoms with Crippen LogP contribution in [0.3, 0.4) is 0 Å². The fourth-order valence-electron chi connectivity index (χ4n) is 6.10. The van der Waals surface area contributed by atoms with Gasteiger partial charge in [-0.25, -0.2) is 15.0 Å². The predicted octanol–water partition coefficient (Wildman–Crippen LogP) is 3.16. The number of piperidine rings is 1. The zero-order chi connectivity index (χ0) is 24.0. The minimum absolute atomic E-state index is 0.0842. The van der Waals surface area contributed by atoms with Gasteiger partial charge >= 0.3 is 0 Å². The Bertz CT molecular complexity index is 1290. The highest BCUT2D eigenvalue weighted by atomic mass is 16.2. The van der Waals surface area contributed by atoms with Crippen LogP contribution in [0.4, 0.5) is 11.5 Å². The molecule has 182 valence electrons. The third-order valence-electron chi connectivity index (χ3n) is 8.16. The quantitative estimate of drug-likeness (QED) is 0.603. The van der Waals surface area contributed by atoms with Crippen molar-refractivity contribution in [2.45, 2.75) is 50.4 Å². The van der Waals surface area contributed by atoms with Crippen LogP contribution >= 0.6 is 0 Å². The van der Waals surface area contributed by atoms with Crippen LogP contribution < -0.4 is 15.5 Å². The lowest BCUT2D eigenvalue weighted by molar-refractivity contribution is -0.121. The van der Waals surface area contributed by atoms with Crippen molar-refractivity contribution in [2.75, 3.05) is 29.9 Å². The van der Waals surface area contributed by atoms with E-state index >= 15 is 0 Å². The van der Waals surface area contributed by atoms with Crippen LogP contribution in [0, 0.1) is 5.92 Å². The van der Waals surface area contributed by atoms with E-state index in [1.165, 1.54) is 38.4 Å². The van der Waals surface area contributed by atoms with Crippen molar-refractivity contribution in [1.29, 1.82) is 0 Å². The summed E-state index contributed by atoms with van der Waals surface area (Å²) in [7, 11) is 1.83. The molecule has 4 heterocycles. The van der Waals surface area contributed by atoms with Crippen molar-refractivity contribution < 1.29 is 9.59 Å². The molecule has 3 aromatic rings. The Morgan fingerprint density at radius 2 is 1.91 bits per heavy atom. The number of nitrogens with zero attached hydrogens (tertiary/aromatic N) is 5. The highest BCUT2D eigenvalue weighted by Gasteiger charge is 2.48. The van der Waals surface area contributed by atoms with Crippen molar-refractivity contribution >= 4 is 34.5 Å². The maximum absolute atomic E-state index is 13.0. The van der Waals surface area contributed by atoms with Crippen LogP contribution in [-0.4, -0.2) is 51.0 Å². The number of imidazole rings is 1. The van der Waals surface area contributed by atoms with E-state index in [0.717, 1.165) is 17.1 Å². The van der Waals surface area contributed by atoms with Crippen LogP contribution in [0.15, 0.2) is 30.6 Å². The van der Waals surface area contributed by atoms with Crippen molar-refractivity contribution in [3.05, 3.63) is 42.0 Å². The number of carbonyl (C=O) groups excluding carboxylic acids is 2. The molecule has 0 radical (unpaired) electrons. The Labute approximate surface area is 204 Å². The number of aromatic nitrogens is 4. The zero-order valence-corrected chi connectivity index (χ0v) is 20.1. The number of aryl methyl sites for hydroxylation is 1. The summed E-state index contributed by atoms with van der Waals surface area (Å²) in [5, 5.41) is 6.15. The van der Waals surface area contributed by atoms with Crippen LogP contribution in [0.25, 0.3) is 11.2 Å². The first kappa shape index (κ1) is 22.0. The van der Waals surface area contributed by atoms with E-state index in [1.54, 1.807) is 4.57 Å². The van der Waals surface area contributed by atoms with Gasteiger partial charge in [0.25, 0.3) is 5.91 Å². The minimum atomic E-state index is -0.493. The van der Waals surface area contributed by atoms with Crippen molar-refractivity contribution in [3.63, 3.8) is 0 Å². The molecule has 9 heteroatoms. The summed E-state index contributed by atoms with van der Waals surface area (Å²) < 4.78 is 1.75. The van der Waals surface area contributed by atoms with Gasteiger partial charge < -0.3 is 20.1 Å². The van der Waals surface area contributed by atoms with Gasteiger partial charge in [0.15, 0.2) is 17.0 Å². The number of hydrogen-bond donors (Lipinski definition) is 2. The van der Waals surface area contributed by atoms with Gasteiger partial charge in [0.1, 0.15) is 6.33 Å². The van der Waals surface area contributed by atoms with Crippen LogP contribution in [0.2, 0.25) is 0 Å². The SMILES string of the molecule is Cn1c(C(=O)NCC2CCCCC2)nc2c(N3CCC4(CC3)C(=O)Nc3ccccc34)ncnc21. The molecule has 1 saturated carbocycles. The molecular weight excluding hydrogens is 442 g/mol. The Kier molecular flexibility index (Phi) is 5.42. The average molecular weight is 474 g/mol. The summed E-state index contributed by atoms with van der Waals surface area (Å²) in [5.74, 6) is 1.55. The molecule has 0 bridgehead atoms. The molecule has 0 atom stereocenters. The van der Waals surface area contributed by atoms with E-state index in [0.29, 0.717) is 55.4 Å². The average Bonchev–Trinajstić information content (AvgIpc) is 3.38. The van der Waals surface area contributed by atoms with Gasteiger partial charge in [-0.05, 0) is 43.2 Å². The molecular formula is C26H31N7O2. The number of anilines is 2. The number of carbonyl (C=O) groups is 2. The molecule has 35 heavy (non-hydrogen) atoms. The lowest BCUT2D eigenvalue weighted by atomic mass is 9.73. The van der Waals surface area contributed by atoms with E-state index in [2.05, 4.69) is 31.6 Å². The van der Waals surface area contributed by atoms with Gasteiger partial charge in [0, 0.05) is 32.4 Å². The van der Waals surface area contributed by atoms with Crippen LogP contribution in [0.1, 0.15) is 61.1 Å². The lowest BCUT2D eigenvalue weighted by Crippen LogP contribution is -2.46. The molecule has 0 unspecified atom stereocenters. The molecule has 2 N–H and O–H groups in total. The number of amides is 2. The number of hydrogen-bond acceptors (Lipinski definition) is 6. The second-order valence-electron chi connectivity index (χ2n) is 10.1. The highest BCUT2D eigenvalue weighted by molar-refractivity contribution is 6.06. The van der Waals surface area contributed by atoms with Gasteiger partial charge in [-0.15, -0.1) is 0 Å². The first-order valence-corrected chi connectivity index (χ1v) is 12.7. The van der Waals surface area contributed by atoms with E-state index < -0.39 is 5.41 Å². The molecule has 2 amide bonds. The number of fused-ring (bicyclic) bond motifs is 3. The lowest BCUT2D eigenvalue weighted by Gasteiger charge is -2.38. The molecule has 1 aliphatic carbocycles. The third kappa shape index (κ3) is 3.64. The molecule has 9 nitrogen and oxygen atoms in total. The van der Waals surface area contributed by atoms with Gasteiger partial charge in [-0.3, -0.25) is 9.59 Å². The van der Waals surface area contributed by atoms with Gasteiger partial charge in [0.05, 0.1) is 5.41 Å². The van der Waals surface area contributed by atoms with Crippen molar-refractivity contribution in [3.8, 4) is 0 Å². The smallest absolute Gasteiger partial charge is 0.287 e. The van der Waals surface area contributed by atoms with Gasteiger partial charge in [0.2, 0.25) is 11.7 Å². The van der Waals surface area contributed by atoms with E-state index in [-0.39, 0.29) is 11.8 Å². The molecule has 2 aromatic heterocycles. The Hall–Kier alpha value is -3.49. The number of nitrogens with one attached hydrogen (secondary N) is 2. The fourth-order valence-corrected chi connectivity index (χ4v) is 6.10. The van der Waals surface area contributed by atoms with Crippen molar-refractivity contribution in [2.24, 2.45) is 13.0 Å². The summed E-state index contributed by atoms with van der Waals surface area (Å²) in [4.78, 5) is 41.8. The number of para-hydroxylation sites is 1.